The SMILES string of the molecule is COc1ccc(NC(=O)COc2ccc(Cl)cc2C2c3sc(=O)[nH]c3SC3C(=O)N(c4cccc(C(F)(F)F)c4)C(=O)C32)cc1. The van der Waals surface area contributed by atoms with E-state index in [2.05, 4.69) is 10.3 Å². The fraction of sp³-hybridized carbons (Fsp3) is 0.200. The van der Waals surface area contributed by atoms with Gasteiger partial charge in [-0.2, -0.15) is 13.2 Å². The summed E-state index contributed by atoms with van der Waals surface area (Å²) in [5.41, 5.74) is -0.400. The van der Waals surface area contributed by atoms with Crippen molar-refractivity contribution < 1.29 is 37.0 Å². The van der Waals surface area contributed by atoms with Gasteiger partial charge in [0.1, 0.15) is 16.7 Å². The summed E-state index contributed by atoms with van der Waals surface area (Å²) in [5.74, 6) is -3.24. The Morgan fingerprint density at radius 2 is 1.80 bits per heavy atom. The van der Waals surface area contributed by atoms with Crippen LogP contribution in [-0.4, -0.2) is 41.7 Å². The molecule has 3 aromatic carbocycles. The molecule has 3 atom stereocenters. The van der Waals surface area contributed by atoms with Crippen LogP contribution in [0.25, 0.3) is 0 Å². The third-order valence-corrected chi connectivity index (χ3v) is 9.93. The lowest BCUT2D eigenvalue weighted by molar-refractivity contribution is -0.137. The monoisotopic (exact) mass is 675 g/mol. The number of hydrogen-bond acceptors (Lipinski definition) is 8. The Balaban J connectivity index is 1.35. The number of amides is 3. The molecule has 45 heavy (non-hydrogen) atoms. The van der Waals surface area contributed by atoms with Crippen LogP contribution in [0.15, 0.2) is 76.6 Å². The first kappa shape index (κ1) is 30.7. The molecule has 0 aliphatic carbocycles. The van der Waals surface area contributed by atoms with E-state index in [4.69, 9.17) is 21.1 Å². The normalized spacial score (nSPS) is 19.2. The molecule has 0 saturated carbocycles. The Morgan fingerprint density at radius 3 is 2.51 bits per heavy atom. The predicted octanol–water partition coefficient (Wildman–Crippen LogP) is 5.93. The summed E-state index contributed by atoms with van der Waals surface area (Å²) in [6, 6.07) is 15.2. The third-order valence-electron chi connectivity index (χ3n) is 7.30. The number of ether oxygens (including phenoxy) is 2. The van der Waals surface area contributed by atoms with Gasteiger partial charge in [-0.1, -0.05) is 40.8 Å². The molecule has 6 rings (SSSR count). The van der Waals surface area contributed by atoms with Crippen molar-refractivity contribution in [3.8, 4) is 11.5 Å². The Labute approximate surface area is 266 Å². The van der Waals surface area contributed by atoms with Gasteiger partial charge in [-0.3, -0.25) is 19.2 Å². The van der Waals surface area contributed by atoms with E-state index in [0.717, 1.165) is 46.2 Å². The van der Waals surface area contributed by atoms with Crippen LogP contribution in [0, 0.1) is 5.92 Å². The molecule has 9 nitrogen and oxygen atoms in total. The zero-order chi connectivity index (χ0) is 32.0. The number of halogens is 4. The first-order valence-electron chi connectivity index (χ1n) is 13.3. The molecule has 15 heteroatoms. The van der Waals surface area contributed by atoms with E-state index in [1.54, 1.807) is 24.3 Å². The number of alkyl halides is 3. The highest BCUT2D eigenvalue weighted by Gasteiger charge is 2.57. The van der Waals surface area contributed by atoms with Gasteiger partial charge >= 0.3 is 11.0 Å². The van der Waals surface area contributed by atoms with Crippen molar-refractivity contribution in [1.82, 2.24) is 4.98 Å². The molecule has 3 heterocycles. The number of carbonyl (C=O) groups is 3. The Morgan fingerprint density at radius 1 is 1.04 bits per heavy atom. The van der Waals surface area contributed by atoms with Crippen molar-refractivity contribution in [3.63, 3.8) is 0 Å². The molecule has 4 aromatic rings. The van der Waals surface area contributed by atoms with Crippen molar-refractivity contribution in [2.75, 3.05) is 23.9 Å². The third kappa shape index (κ3) is 5.92. The van der Waals surface area contributed by atoms with E-state index < -0.39 is 58.0 Å². The summed E-state index contributed by atoms with van der Waals surface area (Å²) < 4.78 is 51.5. The first-order chi connectivity index (χ1) is 21.4. The summed E-state index contributed by atoms with van der Waals surface area (Å²) in [5, 5.41) is 2.24. The number of hydrogen-bond donors (Lipinski definition) is 2. The maximum atomic E-state index is 14.0. The lowest BCUT2D eigenvalue weighted by Gasteiger charge is -2.31. The van der Waals surface area contributed by atoms with Crippen LogP contribution in [0.2, 0.25) is 5.02 Å². The number of benzene rings is 3. The van der Waals surface area contributed by atoms with Gasteiger partial charge in [0.15, 0.2) is 6.61 Å². The van der Waals surface area contributed by atoms with Crippen LogP contribution in [0.1, 0.15) is 21.9 Å². The summed E-state index contributed by atoms with van der Waals surface area (Å²) in [4.78, 5) is 56.4. The number of H-pyrrole nitrogens is 1. The van der Waals surface area contributed by atoms with Crippen LogP contribution in [0.4, 0.5) is 24.5 Å². The minimum absolute atomic E-state index is 0.171. The topological polar surface area (TPSA) is 118 Å². The highest BCUT2D eigenvalue weighted by atomic mass is 35.5. The van der Waals surface area contributed by atoms with Gasteiger partial charge in [0, 0.05) is 27.1 Å². The molecule has 3 unspecified atom stereocenters. The molecule has 232 valence electrons. The smallest absolute Gasteiger partial charge is 0.416 e. The number of aromatic nitrogens is 1. The highest BCUT2D eigenvalue weighted by Crippen LogP contribution is 2.55. The minimum Gasteiger partial charge on any atom is -0.497 e. The largest absolute Gasteiger partial charge is 0.497 e. The second kappa shape index (κ2) is 11.9. The Hall–Kier alpha value is -4.27. The molecule has 0 bridgehead atoms. The molecule has 0 radical (unpaired) electrons. The molecule has 1 fully saturated rings. The number of aromatic amines is 1. The summed E-state index contributed by atoms with van der Waals surface area (Å²) in [7, 11) is 1.52. The zero-order valence-electron chi connectivity index (χ0n) is 23.0. The van der Waals surface area contributed by atoms with Crippen molar-refractivity contribution in [3.05, 3.63) is 97.4 Å². The van der Waals surface area contributed by atoms with E-state index in [1.807, 2.05) is 0 Å². The number of methoxy groups -OCH3 is 1. The van der Waals surface area contributed by atoms with Crippen LogP contribution < -0.4 is 24.6 Å². The standard InChI is InChI=1S/C30H21ClF3N3O6S2/c1-42-18-8-6-16(7-9-18)35-21(38)13-43-20-10-5-15(31)12-19(20)22-23-25(44-26-24(22)45-29(41)36-26)28(40)37(27(23)39)17-4-2-3-14(11-17)30(32,33)34/h2-12,22-23,25H,13H2,1H3,(H,35,38)(H,36,41). The predicted molar refractivity (Wildman–Crippen MR) is 162 cm³/mol. The molecule has 2 N–H and O–H groups in total. The Bertz CT molecular complexity index is 1880. The average Bonchev–Trinajstić information content (AvgIpc) is 3.50. The van der Waals surface area contributed by atoms with Crippen molar-refractivity contribution in [2.45, 2.75) is 22.4 Å². The van der Waals surface area contributed by atoms with E-state index in [0.29, 0.717) is 26.9 Å². The number of imide groups is 1. The van der Waals surface area contributed by atoms with Crippen LogP contribution in [0.5, 0.6) is 11.5 Å². The first-order valence-corrected chi connectivity index (χ1v) is 15.3. The van der Waals surface area contributed by atoms with Crippen molar-refractivity contribution in [2.24, 2.45) is 5.92 Å². The van der Waals surface area contributed by atoms with E-state index in [-0.39, 0.29) is 16.5 Å². The fourth-order valence-corrected chi connectivity index (χ4v) is 8.02. The van der Waals surface area contributed by atoms with Gasteiger partial charge in [0.25, 0.3) is 5.91 Å². The maximum Gasteiger partial charge on any atom is 0.416 e. The summed E-state index contributed by atoms with van der Waals surface area (Å²) >= 11 is 8.18. The lowest BCUT2D eigenvalue weighted by Crippen LogP contribution is -2.32. The molecule has 1 saturated heterocycles. The summed E-state index contributed by atoms with van der Waals surface area (Å²) in [6.45, 7) is -0.435. The number of fused-ring (bicyclic) bond motifs is 2. The van der Waals surface area contributed by atoms with Gasteiger partial charge in [-0.05, 0) is 60.7 Å². The van der Waals surface area contributed by atoms with Gasteiger partial charge in [0.05, 0.1) is 29.3 Å². The fourth-order valence-electron chi connectivity index (χ4n) is 5.34. The van der Waals surface area contributed by atoms with Gasteiger partial charge in [0.2, 0.25) is 11.8 Å². The number of rotatable bonds is 7. The number of carbonyl (C=O) groups excluding carboxylic acids is 3. The van der Waals surface area contributed by atoms with Crippen LogP contribution >= 0.6 is 34.7 Å². The van der Waals surface area contributed by atoms with Crippen LogP contribution in [0.3, 0.4) is 0 Å². The quantitative estimate of drug-likeness (QED) is 0.233. The number of thiazole rings is 1. The van der Waals surface area contributed by atoms with Gasteiger partial charge < -0.3 is 19.8 Å². The second-order valence-electron chi connectivity index (χ2n) is 10.1. The zero-order valence-corrected chi connectivity index (χ0v) is 25.4. The average molecular weight is 676 g/mol. The molecule has 3 amide bonds. The van der Waals surface area contributed by atoms with E-state index >= 15 is 0 Å². The van der Waals surface area contributed by atoms with E-state index in [9.17, 15) is 32.3 Å². The van der Waals surface area contributed by atoms with Crippen LogP contribution in [-0.2, 0) is 20.6 Å². The minimum atomic E-state index is -4.69. The van der Waals surface area contributed by atoms with Crippen molar-refractivity contribution in [1.29, 1.82) is 0 Å². The number of thioether (sulfide) groups is 1. The lowest BCUT2D eigenvalue weighted by atomic mass is 9.82. The number of anilines is 2. The second-order valence-corrected chi connectivity index (χ2v) is 12.7. The maximum absolute atomic E-state index is 14.0. The van der Waals surface area contributed by atoms with Gasteiger partial charge in [-0.25, -0.2) is 4.90 Å². The number of nitrogens with one attached hydrogen (secondary N) is 2. The summed E-state index contributed by atoms with van der Waals surface area (Å²) in [6.07, 6.45) is -4.69. The molecule has 2 aliphatic rings. The number of nitrogens with zero attached hydrogens (tertiary/aromatic N) is 1. The van der Waals surface area contributed by atoms with E-state index in [1.165, 1.54) is 31.4 Å². The molecular weight excluding hydrogens is 655 g/mol. The van der Waals surface area contributed by atoms with Gasteiger partial charge in [-0.15, -0.1) is 0 Å². The molecule has 2 aliphatic heterocycles. The van der Waals surface area contributed by atoms with Crippen molar-refractivity contribution >= 4 is 63.8 Å². The Kier molecular flexibility index (Phi) is 8.14. The molecule has 1 aromatic heterocycles. The molecular formula is C30H21ClF3N3O6S2. The highest BCUT2D eigenvalue weighted by molar-refractivity contribution is 8.00. The molecule has 0 spiro atoms.